The highest BCUT2D eigenvalue weighted by molar-refractivity contribution is 8.11. The predicted molar refractivity (Wildman–Crippen MR) is 96.7 cm³/mol. The Morgan fingerprint density at radius 3 is 2.22 bits per heavy atom. The minimum atomic E-state index is -1.01. The van der Waals surface area contributed by atoms with E-state index in [1.54, 1.807) is 11.9 Å². The minimum Gasteiger partial charge on any atom is -0.477 e. The standard InChI is InChI=1S/C17H21NO3S2/c1-11(13-7-5-4-6-8-13)12(2)18(3)16(19)14-15(17(20)21)23-10-9-22-14/h4-8,11-12H,9-10H2,1-3H3,(H,20,21)/t11-,12+/m0/s1. The molecule has 0 saturated carbocycles. The van der Waals surface area contributed by atoms with E-state index in [4.69, 9.17) is 0 Å². The summed E-state index contributed by atoms with van der Waals surface area (Å²) in [4.78, 5) is 26.3. The lowest BCUT2D eigenvalue weighted by molar-refractivity contribution is -0.133. The maximum Gasteiger partial charge on any atom is 0.343 e. The summed E-state index contributed by atoms with van der Waals surface area (Å²) in [5, 5.41) is 9.30. The SMILES string of the molecule is C[C@H](c1ccccc1)[C@@H](C)N(C)C(=O)C1=C(C(=O)O)SCCS1. The van der Waals surface area contributed by atoms with Crippen molar-refractivity contribution >= 4 is 35.4 Å². The molecule has 0 spiro atoms. The minimum absolute atomic E-state index is 0.0278. The summed E-state index contributed by atoms with van der Waals surface area (Å²) in [6.45, 7) is 4.08. The molecule has 0 radical (unpaired) electrons. The van der Waals surface area contributed by atoms with Gasteiger partial charge < -0.3 is 10.0 Å². The molecule has 2 atom stereocenters. The van der Waals surface area contributed by atoms with Crippen molar-refractivity contribution in [1.82, 2.24) is 4.90 Å². The molecule has 1 heterocycles. The van der Waals surface area contributed by atoms with Gasteiger partial charge in [0.1, 0.15) is 4.91 Å². The first-order chi connectivity index (χ1) is 10.9. The first kappa shape index (κ1) is 17.9. The number of carboxylic acids is 1. The largest absolute Gasteiger partial charge is 0.477 e. The number of carboxylic acid groups (broad SMARTS) is 1. The van der Waals surface area contributed by atoms with Crippen LogP contribution < -0.4 is 0 Å². The van der Waals surface area contributed by atoms with Crippen molar-refractivity contribution in [1.29, 1.82) is 0 Å². The lowest BCUT2D eigenvalue weighted by atomic mass is 9.93. The fourth-order valence-corrected chi connectivity index (χ4v) is 4.71. The molecule has 124 valence electrons. The third-order valence-corrected chi connectivity index (χ3v) is 6.69. The monoisotopic (exact) mass is 351 g/mol. The number of thioether (sulfide) groups is 2. The Bertz CT molecular complexity index is 616. The van der Waals surface area contributed by atoms with Crippen molar-refractivity contribution in [3.63, 3.8) is 0 Å². The fraction of sp³-hybridized carbons (Fsp3) is 0.412. The number of likely N-dealkylation sites (N-methyl/N-ethyl adjacent to an activating group) is 1. The van der Waals surface area contributed by atoms with Crippen LogP contribution in [0.4, 0.5) is 0 Å². The van der Waals surface area contributed by atoms with Crippen molar-refractivity contribution in [2.45, 2.75) is 25.8 Å². The zero-order valence-corrected chi connectivity index (χ0v) is 15.1. The van der Waals surface area contributed by atoms with Crippen LogP contribution in [0, 0.1) is 0 Å². The number of amides is 1. The molecule has 0 bridgehead atoms. The van der Waals surface area contributed by atoms with Gasteiger partial charge >= 0.3 is 5.97 Å². The summed E-state index contributed by atoms with van der Waals surface area (Å²) in [7, 11) is 1.75. The Balaban J connectivity index is 2.20. The number of carbonyl (C=O) groups is 2. The van der Waals surface area contributed by atoms with Crippen LogP contribution >= 0.6 is 23.5 Å². The van der Waals surface area contributed by atoms with Crippen LogP contribution in [0.2, 0.25) is 0 Å². The van der Waals surface area contributed by atoms with Gasteiger partial charge in [0.15, 0.2) is 0 Å². The number of hydrogen-bond acceptors (Lipinski definition) is 4. The molecule has 1 aromatic rings. The van der Waals surface area contributed by atoms with Gasteiger partial charge in [-0.15, -0.1) is 23.5 Å². The Morgan fingerprint density at radius 2 is 1.65 bits per heavy atom. The Kier molecular flexibility index (Phi) is 6.18. The summed E-state index contributed by atoms with van der Waals surface area (Å²) in [6.07, 6.45) is 0. The van der Waals surface area contributed by atoms with Crippen LogP contribution in [0.1, 0.15) is 25.3 Å². The van der Waals surface area contributed by atoms with Crippen molar-refractivity contribution in [2.24, 2.45) is 0 Å². The van der Waals surface area contributed by atoms with Gasteiger partial charge in [-0.3, -0.25) is 4.79 Å². The average molecular weight is 351 g/mol. The summed E-state index contributed by atoms with van der Waals surface area (Å²) >= 11 is 2.60. The van der Waals surface area contributed by atoms with Gasteiger partial charge in [0.05, 0.1) is 4.91 Å². The maximum absolute atomic E-state index is 12.8. The predicted octanol–water partition coefficient (Wildman–Crippen LogP) is 3.41. The van der Waals surface area contributed by atoms with E-state index in [1.807, 2.05) is 37.3 Å². The van der Waals surface area contributed by atoms with E-state index in [2.05, 4.69) is 6.92 Å². The fourth-order valence-electron chi connectivity index (χ4n) is 2.45. The smallest absolute Gasteiger partial charge is 0.343 e. The summed E-state index contributed by atoms with van der Waals surface area (Å²) in [5.41, 5.74) is 1.16. The zero-order chi connectivity index (χ0) is 17.0. The Morgan fingerprint density at radius 1 is 1.09 bits per heavy atom. The molecule has 0 saturated heterocycles. The molecular weight excluding hydrogens is 330 g/mol. The summed E-state index contributed by atoms with van der Waals surface area (Å²) in [6, 6.07) is 10.0. The van der Waals surface area contributed by atoms with E-state index < -0.39 is 5.97 Å². The van der Waals surface area contributed by atoms with Crippen LogP contribution in [0.3, 0.4) is 0 Å². The van der Waals surface area contributed by atoms with Crippen molar-refractivity contribution in [2.75, 3.05) is 18.6 Å². The molecule has 1 aliphatic heterocycles. The third kappa shape index (κ3) is 4.12. The molecule has 4 nitrogen and oxygen atoms in total. The first-order valence-corrected chi connectivity index (χ1v) is 9.46. The van der Waals surface area contributed by atoms with Gasteiger partial charge in [-0.2, -0.15) is 0 Å². The van der Waals surface area contributed by atoms with Gasteiger partial charge in [-0.05, 0) is 12.5 Å². The molecule has 2 rings (SSSR count). The second kappa shape index (κ2) is 7.93. The molecule has 6 heteroatoms. The van der Waals surface area contributed by atoms with Crippen LogP contribution in [-0.4, -0.2) is 46.5 Å². The first-order valence-electron chi connectivity index (χ1n) is 7.48. The van der Waals surface area contributed by atoms with E-state index in [-0.39, 0.29) is 22.8 Å². The Hall–Kier alpha value is -1.40. The highest BCUT2D eigenvalue weighted by Crippen LogP contribution is 2.36. The Labute approximate surface area is 145 Å². The molecule has 1 aromatic carbocycles. The van der Waals surface area contributed by atoms with Crippen LogP contribution in [-0.2, 0) is 9.59 Å². The molecule has 1 amide bonds. The van der Waals surface area contributed by atoms with Crippen LogP contribution in [0.25, 0.3) is 0 Å². The number of benzene rings is 1. The molecular formula is C17H21NO3S2. The van der Waals surface area contributed by atoms with Crippen molar-refractivity contribution in [3.8, 4) is 0 Å². The van der Waals surface area contributed by atoms with E-state index in [9.17, 15) is 14.7 Å². The zero-order valence-electron chi connectivity index (χ0n) is 13.5. The van der Waals surface area contributed by atoms with E-state index in [0.717, 1.165) is 17.1 Å². The highest BCUT2D eigenvalue weighted by atomic mass is 32.2. The molecule has 0 aromatic heterocycles. The van der Waals surface area contributed by atoms with Gasteiger partial charge in [-0.1, -0.05) is 37.3 Å². The normalized spacial score (nSPS) is 17.5. The molecule has 23 heavy (non-hydrogen) atoms. The molecule has 1 N–H and O–H groups in total. The summed E-state index contributed by atoms with van der Waals surface area (Å²) < 4.78 is 0. The van der Waals surface area contributed by atoms with Gasteiger partial charge in [0.25, 0.3) is 5.91 Å². The van der Waals surface area contributed by atoms with Gasteiger partial charge in [0, 0.05) is 30.5 Å². The number of hydrogen-bond donors (Lipinski definition) is 1. The number of carbonyl (C=O) groups excluding carboxylic acids is 1. The maximum atomic E-state index is 12.8. The average Bonchev–Trinajstić information content (AvgIpc) is 2.59. The lowest BCUT2D eigenvalue weighted by Crippen LogP contribution is -2.39. The number of nitrogens with zero attached hydrogens (tertiary/aromatic N) is 1. The second-order valence-corrected chi connectivity index (χ2v) is 7.73. The van der Waals surface area contributed by atoms with Crippen LogP contribution in [0.15, 0.2) is 40.1 Å². The lowest BCUT2D eigenvalue weighted by Gasteiger charge is -2.31. The molecule has 0 fully saturated rings. The number of aliphatic carboxylic acids is 1. The van der Waals surface area contributed by atoms with E-state index >= 15 is 0 Å². The molecule has 1 aliphatic rings. The van der Waals surface area contributed by atoms with Crippen LogP contribution in [0.5, 0.6) is 0 Å². The second-order valence-electron chi connectivity index (χ2n) is 5.52. The van der Waals surface area contributed by atoms with E-state index in [1.165, 1.54) is 23.5 Å². The van der Waals surface area contributed by atoms with Crippen molar-refractivity contribution < 1.29 is 14.7 Å². The van der Waals surface area contributed by atoms with Gasteiger partial charge in [0.2, 0.25) is 0 Å². The number of rotatable bonds is 5. The van der Waals surface area contributed by atoms with Crippen molar-refractivity contribution in [3.05, 3.63) is 45.7 Å². The molecule has 0 aliphatic carbocycles. The topological polar surface area (TPSA) is 57.6 Å². The quantitative estimate of drug-likeness (QED) is 0.881. The van der Waals surface area contributed by atoms with E-state index in [0.29, 0.717) is 4.91 Å². The summed E-state index contributed by atoms with van der Waals surface area (Å²) in [5.74, 6) is 0.444. The molecule has 0 unspecified atom stereocenters. The highest BCUT2D eigenvalue weighted by Gasteiger charge is 2.30. The van der Waals surface area contributed by atoms with Gasteiger partial charge in [-0.25, -0.2) is 4.79 Å². The third-order valence-electron chi connectivity index (χ3n) is 4.15.